The van der Waals surface area contributed by atoms with Crippen LogP contribution in [0.2, 0.25) is 10.0 Å². The van der Waals surface area contributed by atoms with Crippen molar-refractivity contribution in [2.45, 2.75) is 19.4 Å². The second-order valence-electron chi connectivity index (χ2n) is 7.09. The van der Waals surface area contributed by atoms with E-state index in [1.807, 2.05) is 24.3 Å². The Labute approximate surface area is 152 Å². The average molecular weight is 364 g/mol. The summed E-state index contributed by atoms with van der Waals surface area (Å²) in [5, 5.41) is 4.21. The number of anilines is 1. The van der Waals surface area contributed by atoms with Crippen molar-refractivity contribution >= 4 is 34.8 Å². The van der Waals surface area contributed by atoms with Crippen molar-refractivity contribution in [3.05, 3.63) is 63.1 Å². The third-order valence-corrected chi connectivity index (χ3v) is 5.02. The van der Waals surface area contributed by atoms with Crippen LogP contribution in [0.3, 0.4) is 0 Å². The average Bonchev–Trinajstić information content (AvgIpc) is 2.47. The summed E-state index contributed by atoms with van der Waals surface area (Å²) in [7, 11) is 4.43. The highest BCUT2D eigenvalue weighted by Gasteiger charge is 2.34. The molecular weight excluding hydrogens is 343 g/mol. The van der Waals surface area contributed by atoms with Crippen LogP contribution in [0.25, 0.3) is 0 Å². The maximum Gasteiger partial charge on any atom is 0.221 e. The first-order valence-corrected chi connectivity index (χ1v) is 8.68. The lowest BCUT2D eigenvalue weighted by Crippen LogP contribution is -2.46. The Morgan fingerprint density at radius 1 is 1.17 bits per heavy atom. The van der Waals surface area contributed by atoms with Gasteiger partial charge in [-0.25, -0.2) is 0 Å². The molecule has 1 aliphatic heterocycles. The van der Waals surface area contributed by atoms with E-state index in [1.54, 1.807) is 0 Å². The number of halogens is 2. The monoisotopic (exact) mass is 363 g/mol. The maximum atomic E-state index is 11.2. The number of quaternary nitrogens is 1. The first kappa shape index (κ1) is 17.3. The molecule has 0 saturated carbocycles. The zero-order valence-corrected chi connectivity index (χ0v) is 15.6. The van der Waals surface area contributed by atoms with E-state index in [9.17, 15) is 4.79 Å². The van der Waals surface area contributed by atoms with Crippen LogP contribution < -0.4 is 5.32 Å². The highest BCUT2D eigenvalue weighted by Crippen LogP contribution is 2.40. The number of benzene rings is 2. The molecule has 1 amide bonds. The minimum atomic E-state index is -0.0675. The van der Waals surface area contributed by atoms with E-state index in [1.165, 1.54) is 23.6 Å². The zero-order valence-electron chi connectivity index (χ0n) is 14.1. The molecule has 2 aromatic rings. The molecule has 0 spiro atoms. The van der Waals surface area contributed by atoms with Crippen molar-refractivity contribution in [2.24, 2.45) is 0 Å². The Morgan fingerprint density at radius 2 is 1.83 bits per heavy atom. The minimum absolute atomic E-state index is 0.0675. The first-order valence-electron chi connectivity index (χ1n) is 7.92. The standard InChI is InChI=1S/C19H20Cl2N2O/c1-12(24)22-15-6-4-13(5-7-15)17-10-23(2,3)11-18-16(17)8-14(20)9-19(18)21/h4-9,17H,10-11H2,1-3H3/p+1. The van der Waals surface area contributed by atoms with Crippen molar-refractivity contribution in [3.63, 3.8) is 0 Å². The van der Waals surface area contributed by atoms with Gasteiger partial charge in [-0.15, -0.1) is 0 Å². The summed E-state index contributed by atoms with van der Waals surface area (Å²) in [6, 6.07) is 11.9. The predicted molar refractivity (Wildman–Crippen MR) is 99.7 cm³/mol. The molecule has 3 rings (SSSR count). The van der Waals surface area contributed by atoms with E-state index in [2.05, 4.69) is 31.5 Å². The number of hydrogen-bond acceptors (Lipinski definition) is 1. The maximum absolute atomic E-state index is 11.2. The number of nitrogens with one attached hydrogen (secondary N) is 1. The van der Waals surface area contributed by atoms with Crippen LogP contribution in [0.4, 0.5) is 5.69 Å². The molecule has 1 atom stereocenters. The lowest BCUT2D eigenvalue weighted by atomic mass is 9.83. The number of carbonyl (C=O) groups excluding carboxylic acids is 1. The summed E-state index contributed by atoms with van der Waals surface area (Å²) in [6.07, 6.45) is 0. The lowest BCUT2D eigenvalue weighted by Gasteiger charge is -2.40. The molecule has 1 heterocycles. The number of carbonyl (C=O) groups is 1. The Morgan fingerprint density at radius 3 is 2.46 bits per heavy atom. The second-order valence-corrected chi connectivity index (χ2v) is 7.93. The molecule has 1 aliphatic rings. The third-order valence-electron chi connectivity index (χ3n) is 4.47. The summed E-state index contributed by atoms with van der Waals surface area (Å²) in [6.45, 7) is 3.38. The van der Waals surface area contributed by atoms with Crippen molar-refractivity contribution in [1.29, 1.82) is 0 Å². The van der Waals surface area contributed by atoms with Gasteiger partial charge in [0.1, 0.15) is 6.54 Å². The quantitative estimate of drug-likeness (QED) is 0.771. The highest BCUT2D eigenvalue weighted by molar-refractivity contribution is 6.35. The number of likely N-dealkylation sites (N-methyl/N-ethyl adjacent to an activating group) is 1. The molecule has 2 aromatic carbocycles. The van der Waals surface area contributed by atoms with Gasteiger partial charge in [-0.1, -0.05) is 35.3 Å². The minimum Gasteiger partial charge on any atom is -0.326 e. The van der Waals surface area contributed by atoms with Crippen LogP contribution >= 0.6 is 23.2 Å². The fourth-order valence-corrected chi connectivity index (χ4v) is 4.04. The van der Waals surface area contributed by atoms with Crippen molar-refractivity contribution in [3.8, 4) is 0 Å². The van der Waals surface area contributed by atoms with Gasteiger partial charge in [0.05, 0.1) is 31.6 Å². The van der Waals surface area contributed by atoms with Gasteiger partial charge in [0, 0.05) is 23.2 Å². The zero-order chi connectivity index (χ0) is 17.5. The van der Waals surface area contributed by atoms with Gasteiger partial charge in [0.15, 0.2) is 0 Å². The van der Waals surface area contributed by atoms with Crippen LogP contribution in [0, 0.1) is 0 Å². The van der Waals surface area contributed by atoms with Crippen LogP contribution in [0.5, 0.6) is 0 Å². The largest absolute Gasteiger partial charge is 0.326 e. The van der Waals surface area contributed by atoms with E-state index >= 15 is 0 Å². The Balaban J connectivity index is 2.03. The van der Waals surface area contributed by atoms with E-state index in [0.717, 1.165) is 28.3 Å². The normalized spacial score (nSPS) is 18.8. The molecule has 0 radical (unpaired) electrons. The van der Waals surface area contributed by atoms with Gasteiger partial charge >= 0.3 is 0 Å². The van der Waals surface area contributed by atoms with Gasteiger partial charge in [0.2, 0.25) is 5.91 Å². The first-order chi connectivity index (χ1) is 11.2. The van der Waals surface area contributed by atoms with E-state index < -0.39 is 0 Å². The van der Waals surface area contributed by atoms with E-state index in [-0.39, 0.29) is 11.8 Å². The molecule has 3 nitrogen and oxygen atoms in total. The predicted octanol–water partition coefficient (Wildman–Crippen LogP) is 4.67. The molecule has 0 saturated heterocycles. The van der Waals surface area contributed by atoms with Crippen LogP contribution in [-0.2, 0) is 11.3 Å². The third kappa shape index (κ3) is 3.59. The number of amides is 1. The molecule has 0 fully saturated rings. The molecule has 5 heteroatoms. The summed E-state index contributed by atoms with van der Waals surface area (Å²) in [4.78, 5) is 11.2. The molecule has 0 aliphatic carbocycles. The van der Waals surface area contributed by atoms with Gasteiger partial charge < -0.3 is 9.80 Å². The molecule has 1 N–H and O–H groups in total. The lowest BCUT2D eigenvalue weighted by molar-refractivity contribution is -0.906. The Kier molecular flexibility index (Phi) is 4.60. The molecular formula is C19H21Cl2N2O+. The van der Waals surface area contributed by atoms with Gasteiger partial charge in [0.25, 0.3) is 0 Å². The highest BCUT2D eigenvalue weighted by atomic mass is 35.5. The van der Waals surface area contributed by atoms with Crippen LogP contribution in [-0.4, -0.2) is 31.0 Å². The molecule has 126 valence electrons. The number of rotatable bonds is 2. The Hall–Kier alpha value is -1.55. The van der Waals surface area contributed by atoms with Gasteiger partial charge in [-0.3, -0.25) is 4.79 Å². The van der Waals surface area contributed by atoms with Gasteiger partial charge in [-0.2, -0.15) is 0 Å². The number of fused-ring (bicyclic) bond motifs is 1. The summed E-state index contributed by atoms with van der Waals surface area (Å²) in [5.41, 5.74) is 4.39. The van der Waals surface area contributed by atoms with Crippen molar-refractivity contribution < 1.29 is 9.28 Å². The number of nitrogens with zero attached hydrogens (tertiary/aromatic N) is 1. The molecule has 24 heavy (non-hydrogen) atoms. The van der Waals surface area contributed by atoms with E-state index in [0.29, 0.717) is 5.02 Å². The Bertz CT molecular complexity index is 785. The van der Waals surface area contributed by atoms with E-state index in [4.69, 9.17) is 23.2 Å². The SMILES string of the molecule is CC(=O)Nc1ccc(C2C[N+](C)(C)Cc3c(Cl)cc(Cl)cc32)cc1. The smallest absolute Gasteiger partial charge is 0.221 e. The van der Waals surface area contributed by atoms with Crippen molar-refractivity contribution in [1.82, 2.24) is 0 Å². The summed E-state index contributed by atoms with van der Waals surface area (Å²) < 4.78 is 0.868. The number of hydrogen-bond donors (Lipinski definition) is 1. The van der Waals surface area contributed by atoms with Crippen LogP contribution in [0.15, 0.2) is 36.4 Å². The second kappa shape index (κ2) is 6.40. The fraction of sp³-hybridized carbons (Fsp3) is 0.316. The molecule has 0 aromatic heterocycles. The van der Waals surface area contributed by atoms with Crippen molar-refractivity contribution in [2.75, 3.05) is 26.0 Å². The molecule has 0 bridgehead atoms. The van der Waals surface area contributed by atoms with Gasteiger partial charge in [-0.05, 0) is 35.4 Å². The topological polar surface area (TPSA) is 29.1 Å². The molecule has 1 unspecified atom stereocenters. The fourth-order valence-electron chi connectivity index (χ4n) is 3.47. The summed E-state index contributed by atoms with van der Waals surface area (Å²) in [5.74, 6) is 0.161. The van der Waals surface area contributed by atoms with Crippen LogP contribution in [0.1, 0.15) is 29.5 Å². The summed E-state index contributed by atoms with van der Waals surface area (Å²) >= 11 is 12.7.